The molecule has 27 heavy (non-hydrogen) atoms. The highest BCUT2D eigenvalue weighted by Crippen LogP contribution is 2.12. The average molecular weight is 387 g/mol. The fourth-order valence-corrected chi connectivity index (χ4v) is 4.62. The van der Waals surface area contributed by atoms with Crippen LogP contribution < -0.4 is 10.6 Å². The van der Waals surface area contributed by atoms with Crippen molar-refractivity contribution in [2.45, 2.75) is 25.9 Å². The van der Waals surface area contributed by atoms with Gasteiger partial charge in [-0.3, -0.25) is 14.6 Å². The van der Waals surface area contributed by atoms with Crippen LogP contribution in [0.25, 0.3) is 0 Å². The van der Waals surface area contributed by atoms with Crippen LogP contribution in [0.3, 0.4) is 0 Å². The Labute approximate surface area is 158 Å². The van der Waals surface area contributed by atoms with Gasteiger partial charge in [0.05, 0.1) is 11.5 Å². The first-order valence-corrected chi connectivity index (χ1v) is 10.5. The van der Waals surface area contributed by atoms with E-state index in [1.165, 1.54) is 18.3 Å². The maximum atomic E-state index is 12.4. The van der Waals surface area contributed by atoms with Crippen LogP contribution >= 0.6 is 0 Å². The van der Waals surface area contributed by atoms with Crippen LogP contribution in [-0.2, 0) is 16.4 Å². The molecule has 0 aliphatic carbocycles. The van der Waals surface area contributed by atoms with E-state index in [4.69, 9.17) is 0 Å². The summed E-state index contributed by atoms with van der Waals surface area (Å²) in [6.07, 6.45) is 1.79. The van der Waals surface area contributed by atoms with Gasteiger partial charge in [0.2, 0.25) is 0 Å². The standard InChI is InChI=1S/C19H21N3O4S/c1-13-4-2-3-5-15(13)11-21-18(23)14-6-8-20-17(10-14)19(24)22-16-7-9-27(25,26)12-16/h2-6,8,10,16H,7,9,11-12H2,1H3,(H,21,23)(H,22,24). The fraction of sp³-hybridized carbons (Fsp3) is 0.316. The SMILES string of the molecule is Cc1ccccc1CNC(=O)c1ccnc(C(=O)NC2CCS(=O)(=O)C2)c1. The van der Waals surface area contributed by atoms with Crippen molar-refractivity contribution in [1.29, 1.82) is 0 Å². The van der Waals surface area contributed by atoms with Crippen LogP contribution in [0.5, 0.6) is 0 Å². The number of amides is 2. The summed E-state index contributed by atoms with van der Waals surface area (Å²) < 4.78 is 23.0. The number of nitrogens with one attached hydrogen (secondary N) is 2. The van der Waals surface area contributed by atoms with Gasteiger partial charge in [0.25, 0.3) is 11.8 Å². The molecule has 3 rings (SSSR count). The van der Waals surface area contributed by atoms with Crippen molar-refractivity contribution >= 4 is 21.7 Å². The van der Waals surface area contributed by atoms with Crippen molar-refractivity contribution in [2.24, 2.45) is 0 Å². The first-order chi connectivity index (χ1) is 12.8. The lowest BCUT2D eigenvalue weighted by Gasteiger charge is -2.11. The molecule has 2 N–H and O–H groups in total. The van der Waals surface area contributed by atoms with Crippen LogP contribution in [0.2, 0.25) is 0 Å². The molecule has 1 aliphatic rings. The fourth-order valence-electron chi connectivity index (χ4n) is 2.95. The van der Waals surface area contributed by atoms with Crippen molar-refractivity contribution in [3.63, 3.8) is 0 Å². The molecule has 0 bridgehead atoms. The molecule has 1 saturated heterocycles. The second kappa shape index (κ2) is 7.87. The average Bonchev–Trinajstić information content (AvgIpc) is 2.99. The third-order valence-electron chi connectivity index (χ3n) is 4.52. The van der Waals surface area contributed by atoms with Gasteiger partial charge in [0.15, 0.2) is 9.84 Å². The zero-order valence-electron chi connectivity index (χ0n) is 14.9. The van der Waals surface area contributed by atoms with Crippen molar-refractivity contribution in [3.05, 3.63) is 65.0 Å². The van der Waals surface area contributed by atoms with Gasteiger partial charge in [0.1, 0.15) is 5.69 Å². The number of nitrogens with zero attached hydrogens (tertiary/aromatic N) is 1. The van der Waals surface area contributed by atoms with E-state index in [-0.39, 0.29) is 23.1 Å². The highest BCUT2D eigenvalue weighted by molar-refractivity contribution is 7.91. The summed E-state index contributed by atoms with van der Waals surface area (Å²) in [5, 5.41) is 5.50. The maximum Gasteiger partial charge on any atom is 0.270 e. The molecule has 2 amide bonds. The molecule has 1 aromatic carbocycles. The molecule has 1 unspecified atom stereocenters. The summed E-state index contributed by atoms with van der Waals surface area (Å²) in [4.78, 5) is 28.7. The summed E-state index contributed by atoms with van der Waals surface area (Å²) in [7, 11) is -3.08. The number of hydrogen-bond donors (Lipinski definition) is 2. The number of aromatic nitrogens is 1. The molecule has 142 valence electrons. The molecule has 1 aliphatic heterocycles. The van der Waals surface area contributed by atoms with Gasteiger partial charge < -0.3 is 10.6 Å². The Hall–Kier alpha value is -2.74. The smallest absolute Gasteiger partial charge is 0.270 e. The first kappa shape index (κ1) is 19.0. The van der Waals surface area contributed by atoms with Gasteiger partial charge in [-0.15, -0.1) is 0 Å². The van der Waals surface area contributed by atoms with Crippen LogP contribution in [0.4, 0.5) is 0 Å². The number of hydrogen-bond acceptors (Lipinski definition) is 5. The van der Waals surface area contributed by atoms with E-state index in [0.717, 1.165) is 11.1 Å². The van der Waals surface area contributed by atoms with E-state index < -0.39 is 21.8 Å². The lowest BCUT2D eigenvalue weighted by molar-refractivity contribution is 0.0936. The van der Waals surface area contributed by atoms with Gasteiger partial charge in [-0.25, -0.2) is 8.42 Å². The van der Waals surface area contributed by atoms with E-state index in [1.807, 2.05) is 31.2 Å². The lowest BCUT2D eigenvalue weighted by Crippen LogP contribution is -2.36. The van der Waals surface area contributed by atoms with E-state index in [1.54, 1.807) is 0 Å². The summed E-state index contributed by atoms with van der Waals surface area (Å²) in [5.41, 5.74) is 2.50. The highest BCUT2D eigenvalue weighted by Gasteiger charge is 2.29. The molecule has 8 heteroatoms. The van der Waals surface area contributed by atoms with Crippen LogP contribution in [0, 0.1) is 6.92 Å². The molecule has 1 fully saturated rings. The molecule has 7 nitrogen and oxygen atoms in total. The van der Waals surface area contributed by atoms with E-state index in [9.17, 15) is 18.0 Å². The molecular weight excluding hydrogens is 366 g/mol. The number of aryl methyl sites for hydroxylation is 1. The van der Waals surface area contributed by atoms with Gasteiger partial charge in [-0.1, -0.05) is 24.3 Å². The normalized spacial score (nSPS) is 18.0. The highest BCUT2D eigenvalue weighted by atomic mass is 32.2. The zero-order valence-corrected chi connectivity index (χ0v) is 15.8. The molecule has 2 heterocycles. The zero-order chi connectivity index (χ0) is 19.4. The van der Waals surface area contributed by atoms with Gasteiger partial charge in [-0.05, 0) is 36.6 Å². The largest absolute Gasteiger partial charge is 0.348 e. The van der Waals surface area contributed by atoms with E-state index in [0.29, 0.717) is 18.5 Å². The predicted molar refractivity (Wildman–Crippen MR) is 101 cm³/mol. The monoisotopic (exact) mass is 387 g/mol. The number of pyridine rings is 1. The minimum atomic E-state index is -3.08. The van der Waals surface area contributed by atoms with Crippen molar-refractivity contribution in [1.82, 2.24) is 15.6 Å². The quantitative estimate of drug-likeness (QED) is 0.803. The van der Waals surface area contributed by atoms with Crippen molar-refractivity contribution in [3.8, 4) is 0 Å². The molecule has 1 aromatic heterocycles. The predicted octanol–water partition coefficient (Wildman–Crippen LogP) is 1.24. The Morgan fingerprint density at radius 3 is 2.67 bits per heavy atom. The number of sulfone groups is 1. The number of benzene rings is 1. The van der Waals surface area contributed by atoms with Crippen LogP contribution in [0.15, 0.2) is 42.6 Å². The first-order valence-electron chi connectivity index (χ1n) is 8.64. The summed E-state index contributed by atoms with van der Waals surface area (Å²) >= 11 is 0. The Morgan fingerprint density at radius 1 is 1.19 bits per heavy atom. The summed E-state index contributed by atoms with van der Waals surface area (Å²) in [6, 6.07) is 10.3. The Balaban J connectivity index is 1.63. The second-order valence-electron chi connectivity index (χ2n) is 6.61. The van der Waals surface area contributed by atoms with E-state index >= 15 is 0 Å². The minimum absolute atomic E-state index is 0.0602. The van der Waals surface area contributed by atoms with Gasteiger partial charge >= 0.3 is 0 Å². The van der Waals surface area contributed by atoms with Crippen molar-refractivity contribution < 1.29 is 18.0 Å². The molecule has 0 spiro atoms. The molecule has 1 atom stereocenters. The Bertz CT molecular complexity index is 972. The molecule has 2 aromatic rings. The summed E-state index contributed by atoms with van der Waals surface area (Å²) in [6.45, 7) is 2.36. The third kappa shape index (κ3) is 4.91. The van der Waals surface area contributed by atoms with E-state index in [2.05, 4.69) is 15.6 Å². The maximum absolute atomic E-state index is 12.4. The topological polar surface area (TPSA) is 105 Å². The number of carbonyl (C=O) groups excluding carboxylic acids is 2. The third-order valence-corrected chi connectivity index (χ3v) is 6.29. The number of carbonyl (C=O) groups is 2. The second-order valence-corrected chi connectivity index (χ2v) is 8.84. The Morgan fingerprint density at radius 2 is 1.96 bits per heavy atom. The number of rotatable bonds is 5. The molecule has 0 radical (unpaired) electrons. The molecular formula is C19H21N3O4S. The van der Waals surface area contributed by atoms with Crippen LogP contribution in [-0.4, -0.2) is 42.8 Å². The van der Waals surface area contributed by atoms with Crippen LogP contribution in [0.1, 0.15) is 38.4 Å². The summed E-state index contributed by atoms with van der Waals surface area (Å²) in [5.74, 6) is -0.772. The van der Waals surface area contributed by atoms with Gasteiger partial charge in [0, 0.05) is 24.3 Å². The Kier molecular flexibility index (Phi) is 5.55. The van der Waals surface area contributed by atoms with Crippen molar-refractivity contribution in [2.75, 3.05) is 11.5 Å². The minimum Gasteiger partial charge on any atom is -0.348 e. The lowest BCUT2D eigenvalue weighted by atomic mass is 10.1. The van der Waals surface area contributed by atoms with Gasteiger partial charge in [-0.2, -0.15) is 0 Å². The molecule has 0 saturated carbocycles.